The number of piperidine rings is 1. The highest BCUT2D eigenvalue weighted by Crippen LogP contribution is 2.32. The summed E-state index contributed by atoms with van der Waals surface area (Å²) in [5.74, 6) is 1.36. The number of morpholine rings is 1. The van der Waals surface area contributed by atoms with Crippen molar-refractivity contribution in [2.45, 2.75) is 18.9 Å². The number of aromatic nitrogens is 6. The number of likely N-dealkylation sites (tertiary alicyclic amines) is 1. The van der Waals surface area contributed by atoms with Crippen LogP contribution in [0.15, 0.2) is 49.1 Å². The maximum absolute atomic E-state index is 12.9. The lowest BCUT2D eigenvalue weighted by atomic mass is 10.0. The topological polar surface area (TPSA) is 128 Å². The molecule has 0 bridgehead atoms. The molecule has 0 spiro atoms. The smallest absolute Gasteiger partial charge is 0.255 e. The third-order valence-corrected chi connectivity index (χ3v) is 6.76. The molecule has 0 saturated carbocycles. The highest BCUT2D eigenvalue weighted by atomic mass is 16.5. The first-order chi connectivity index (χ1) is 17.7. The van der Waals surface area contributed by atoms with E-state index >= 15 is 0 Å². The fraction of sp³-hybridized carbons (Fsp3) is 0.360. The molecule has 0 atom stereocenters. The van der Waals surface area contributed by atoms with Gasteiger partial charge >= 0.3 is 0 Å². The molecule has 2 saturated heterocycles. The van der Waals surface area contributed by atoms with Crippen LogP contribution in [-0.4, -0.2) is 79.9 Å². The Morgan fingerprint density at radius 1 is 1.03 bits per heavy atom. The predicted molar refractivity (Wildman–Crippen MR) is 134 cm³/mol. The quantitative estimate of drug-likeness (QED) is 0.462. The lowest BCUT2D eigenvalue weighted by molar-refractivity contribution is 0.0691. The molecular weight excluding hydrogens is 458 g/mol. The molecule has 11 heteroatoms. The van der Waals surface area contributed by atoms with Crippen molar-refractivity contribution in [2.75, 3.05) is 50.0 Å². The Morgan fingerprint density at radius 3 is 2.61 bits per heavy atom. The van der Waals surface area contributed by atoms with Gasteiger partial charge in [0.2, 0.25) is 0 Å². The molecule has 6 heterocycles. The largest absolute Gasteiger partial charge is 0.399 e. The van der Waals surface area contributed by atoms with E-state index in [9.17, 15) is 4.79 Å². The lowest BCUT2D eigenvalue weighted by Gasteiger charge is -2.32. The first-order valence-electron chi connectivity index (χ1n) is 12.2. The van der Waals surface area contributed by atoms with E-state index in [4.69, 9.17) is 25.5 Å². The van der Waals surface area contributed by atoms with Gasteiger partial charge in [-0.05, 0) is 37.1 Å². The van der Waals surface area contributed by atoms with E-state index in [0.29, 0.717) is 49.1 Å². The zero-order valence-corrected chi connectivity index (χ0v) is 19.8. The summed E-state index contributed by atoms with van der Waals surface area (Å²) in [6.07, 6.45) is 8.37. The van der Waals surface area contributed by atoms with Crippen molar-refractivity contribution in [3.05, 3.63) is 54.6 Å². The zero-order valence-electron chi connectivity index (χ0n) is 19.8. The van der Waals surface area contributed by atoms with E-state index in [1.54, 1.807) is 42.9 Å². The van der Waals surface area contributed by atoms with Gasteiger partial charge < -0.3 is 20.3 Å². The molecule has 2 N–H and O–H groups in total. The molecule has 0 radical (unpaired) electrons. The second kappa shape index (κ2) is 9.50. The average molecular weight is 486 g/mol. The van der Waals surface area contributed by atoms with E-state index in [1.165, 1.54) is 0 Å². The number of amides is 1. The van der Waals surface area contributed by atoms with Gasteiger partial charge in [0.25, 0.3) is 5.91 Å². The minimum absolute atomic E-state index is 0.0128. The molecule has 2 aliphatic heterocycles. The number of nitrogens with zero attached hydrogens (tertiary/aromatic N) is 8. The summed E-state index contributed by atoms with van der Waals surface area (Å²) in [7, 11) is 0. The summed E-state index contributed by atoms with van der Waals surface area (Å²) in [6.45, 7) is 4.07. The Hall–Kier alpha value is -4.12. The molecule has 11 nitrogen and oxygen atoms in total. The Bertz CT molecular complexity index is 1380. The van der Waals surface area contributed by atoms with E-state index in [0.717, 1.165) is 42.8 Å². The summed E-state index contributed by atoms with van der Waals surface area (Å²) in [5, 5.41) is 5.65. The lowest BCUT2D eigenvalue weighted by Crippen LogP contribution is -2.39. The van der Waals surface area contributed by atoms with E-state index in [1.807, 2.05) is 15.8 Å². The Kier molecular flexibility index (Phi) is 5.90. The average Bonchev–Trinajstić information content (AvgIpc) is 3.37. The van der Waals surface area contributed by atoms with Gasteiger partial charge in [0.05, 0.1) is 36.4 Å². The number of hydrogen-bond donors (Lipinski definition) is 1. The van der Waals surface area contributed by atoms with Crippen molar-refractivity contribution < 1.29 is 9.53 Å². The fourth-order valence-corrected chi connectivity index (χ4v) is 4.86. The second-order valence-electron chi connectivity index (χ2n) is 9.04. The number of nitrogens with two attached hydrogens (primary N) is 1. The van der Waals surface area contributed by atoms with Crippen LogP contribution < -0.4 is 10.6 Å². The Balaban J connectivity index is 1.33. The maximum Gasteiger partial charge on any atom is 0.255 e. The molecule has 0 aliphatic carbocycles. The number of pyridine rings is 2. The summed E-state index contributed by atoms with van der Waals surface area (Å²) in [5.41, 5.74) is 8.63. The van der Waals surface area contributed by atoms with Gasteiger partial charge in [0.15, 0.2) is 11.5 Å². The number of nitrogen functional groups attached to an aromatic ring is 1. The van der Waals surface area contributed by atoms with Gasteiger partial charge in [-0.25, -0.2) is 14.6 Å². The molecule has 0 aromatic carbocycles. The van der Waals surface area contributed by atoms with E-state index in [2.05, 4.69) is 14.9 Å². The minimum atomic E-state index is 0.0128. The van der Waals surface area contributed by atoms with Gasteiger partial charge in [-0.15, -0.1) is 0 Å². The normalized spacial score (nSPS) is 17.0. The van der Waals surface area contributed by atoms with Crippen molar-refractivity contribution in [3.63, 3.8) is 0 Å². The zero-order chi connectivity index (χ0) is 24.5. The van der Waals surface area contributed by atoms with Crippen LogP contribution in [0.1, 0.15) is 29.2 Å². The maximum atomic E-state index is 12.9. The summed E-state index contributed by atoms with van der Waals surface area (Å²) in [4.78, 5) is 35.3. The first-order valence-corrected chi connectivity index (χ1v) is 12.2. The number of carbonyl (C=O) groups is 1. The number of anilines is 2. The Morgan fingerprint density at radius 2 is 1.86 bits per heavy atom. The highest BCUT2D eigenvalue weighted by molar-refractivity contribution is 5.94. The van der Waals surface area contributed by atoms with Gasteiger partial charge in [-0.3, -0.25) is 14.8 Å². The molecule has 184 valence electrons. The third-order valence-electron chi connectivity index (χ3n) is 6.76. The molecule has 6 rings (SSSR count). The van der Waals surface area contributed by atoms with Crippen LogP contribution in [0.5, 0.6) is 0 Å². The van der Waals surface area contributed by atoms with Crippen LogP contribution in [0.4, 0.5) is 11.5 Å². The number of ether oxygens (including phenoxy) is 1. The molecule has 36 heavy (non-hydrogen) atoms. The van der Waals surface area contributed by atoms with Gasteiger partial charge in [0, 0.05) is 50.5 Å². The molecular formula is C25H27N9O2. The first kappa shape index (κ1) is 22.4. The standard InChI is InChI=1S/C25H27N9O2/c26-18-3-7-28-21(14-18)22-30-23(32-10-12-36-13-11-32)20-16-29-34(24(20)31-22)19-4-8-33(9-5-19)25(35)17-2-1-6-27-15-17/h1-3,6-7,14-16,19H,4-5,8-13H2,(H2,26,28). The van der Waals surface area contributed by atoms with Crippen LogP contribution >= 0.6 is 0 Å². The van der Waals surface area contributed by atoms with Crippen molar-refractivity contribution in [1.29, 1.82) is 0 Å². The summed E-state index contributed by atoms with van der Waals surface area (Å²) in [6, 6.07) is 7.24. The summed E-state index contributed by atoms with van der Waals surface area (Å²) >= 11 is 0. The number of hydrogen-bond acceptors (Lipinski definition) is 9. The van der Waals surface area contributed by atoms with Crippen LogP contribution in [0.2, 0.25) is 0 Å². The number of fused-ring (bicyclic) bond motifs is 1. The Labute approximate surface area is 207 Å². The number of carbonyl (C=O) groups excluding carboxylic acids is 1. The molecule has 4 aromatic rings. The van der Waals surface area contributed by atoms with Crippen LogP contribution in [0.3, 0.4) is 0 Å². The van der Waals surface area contributed by atoms with E-state index in [-0.39, 0.29) is 11.9 Å². The van der Waals surface area contributed by atoms with Crippen LogP contribution in [0, 0.1) is 0 Å². The van der Waals surface area contributed by atoms with Crippen molar-refractivity contribution >= 4 is 28.4 Å². The molecule has 1 amide bonds. The molecule has 0 unspecified atom stereocenters. The molecule has 2 fully saturated rings. The monoisotopic (exact) mass is 485 g/mol. The van der Waals surface area contributed by atoms with E-state index < -0.39 is 0 Å². The molecule has 4 aromatic heterocycles. The van der Waals surface area contributed by atoms with Crippen LogP contribution in [0.25, 0.3) is 22.6 Å². The fourth-order valence-electron chi connectivity index (χ4n) is 4.86. The van der Waals surface area contributed by atoms with Crippen molar-refractivity contribution in [2.24, 2.45) is 0 Å². The highest BCUT2D eigenvalue weighted by Gasteiger charge is 2.28. The van der Waals surface area contributed by atoms with Gasteiger partial charge in [-0.1, -0.05) is 0 Å². The van der Waals surface area contributed by atoms with Crippen LogP contribution in [-0.2, 0) is 4.74 Å². The minimum Gasteiger partial charge on any atom is -0.399 e. The SMILES string of the molecule is Nc1ccnc(-c2nc(N3CCOCC3)c3cnn(C4CCN(C(=O)c5cccnc5)CC4)c3n2)c1. The molecule has 2 aliphatic rings. The van der Waals surface area contributed by atoms with Gasteiger partial charge in [0.1, 0.15) is 11.5 Å². The summed E-state index contributed by atoms with van der Waals surface area (Å²) < 4.78 is 7.54. The second-order valence-corrected chi connectivity index (χ2v) is 9.04. The third kappa shape index (κ3) is 4.22. The number of rotatable bonds is 4. The van der Waals surface area contributed by atoms with Crippen molar-refractivity contribution in [3.8, 4) is 11.5 Å². The predicted octanol–water partition coefficient (Wildman–Crippen LogP) is 2.18. The van der Waals surface area contributed by atoms with Gasteiger partial charge in [-0.2, -0.15) is 5.10 Å². The van der Waals surface area contributed by atoms with Crippen molar-refractivity contribution in [1.82, 2.24) is 34.6 Å².